The Morgan fingerprint density at radius 3 is 2.38 bits per heavy atom. The molecule has 0 aliphatic heterocycles. The fourth-order valence-electron chi connectivity index (χ4n) is 3.15. The van der Waals surface area contributed by atoms with Crippen molar-refractivity contribution in [3.63, 3.8) is 0 Å². The van der Waals surface area contributed by atoms with Gasteiger partial charge in [0.2, 0.25) is 0 Å². The van der Waals surface area contributed by atoms with Gasteiger partial charge < -0.3 is 10.2 Å². The Balaban J connectivity index is 0.00000289. The average molecular weight is 449 g/mol. The number of pyridine rings is 1. The lowest BCUT2D eigenvalue weighted by atomic mass is 10.0. The number of ketones is 1. The molecular formula is C24H24N4O3S. The van der Waals surface area contributed by atoms with Crippen LogP contribution in [0.2, 0.25) is 0 Å². The fourth-order valence-corrected chi connectivity index (χ4v) is 4.00. The van der Waals surface area contributed by atoms with E-state index in [0.717, 1.165) is 22.5 Å². The third-order valence-electron chi connectivity index (χ3n) is 4.80. The molecule has 0 fully saturated rings. The topological polar surface area (TPSA) is 108 Å². The molecule has 3 N–H and O–H groups in total. The Labute approximate surface area is 189 Å². The van der Waals surface area contributed by atoms with Crippen LogP contribution in [0.5, 0.6) is 0 Å². The number of carbonyl (C=O) groups is 1. The van der Waals surface area contributed by atoms with Gasteiger partial charge in [0.1, 0.15) is 16.8 Å². The van der Waals surface area contributed by atoms with Crippen LogP contribution in [0.1, 0.15) is 17.5 Å². The zero-order valence-corrected chi connectivity index (χ0v) is 18.2. The summed E-state index contributed by atoms with van der Waals surface area (Å²) >= 11 is 0. The van der Waals surface area contributed by atoms with E-state index in [4.69, 9.17) is 0 Å². The molecule has 0 saturated heterocycles. The summed E-state index contributed by atoms with van der Waals surface area (Å²) in [6.45, 7) is 0. The van der Waals surface area contributed by atoms with Crippen molar-refractivity contribution < 1.29 is 14.5 Å². The summed E-state index contributed by atoms with van der Waals surface area (Å²) in [5, 5.41) is 4.18. The minimum atomic E-state index is -1.38. The first-order chi connectivity index (χ1) is 15.2. The molecule has 0 aliphatic carbocycles. The summed E-state index contributed by atoms with van der Waals surface area (Å²) < 4.78 is 17.4. The molecule has 8 heteroatoms. The smallest absolute Gasteiger partial charge is 0.150 e. The number of nitrogens with one attached hydrogen (secondary N) is 1. The summed E-state index contributed by atoms with van der Waals surface area (Å²) in [4.78, 5) is 17.0. The predicted molar refractivity (Wildman–Crippen MR) is 125 cm³/mol. The molecule has 0 aliphatic rings. The Bertz CT molecular complexity index is 1150. The highest BCUT2D eigenvalue weighted by molar-refractivity contribution is 7.86. The van der Waals surface area contributed by atoms with E-state index in [2.05, 4.69) is 14.8 Å². The number of aromatic nitrogens is 3. The first-order valence-corrected chi connectivity index (χ1v) is 11.1. The maximum Gasteiger partial charge on any atom is 0.150 e. The third kappa shape index (κ3) is 6.19. The van der Waals surface area contributed by atoms with Gasteiger partial charge in [0.15, 0.2) is 0 Å². The summed E-state index contributed by atoms with van der Waals surface area (Å²) in [5.74, 6) is 0.186. The van der Waals surface area contributed by atoms with Crippen molar-refractivity contribution >= 4 is 22.5 Å². The van der Waals surface area contributed by atoms with Gasteiger partial charge in [0, 0.05) is 43.3 Å². The summed E-state index contributed by atoms with van der Waals surface area (Å²) in [7, 11) is -1.38. The summed E-state index contributed by atoms with van der Waals surface area (Å²) in [6.07, 6.45) is 8.66. The zero-order chi connectivity index (χ0) is 21.5. The molecule has 7 nitrogen and oxygen atoms in total. The molecule has 164 valence electrons. The van der Waals surface area contributed by atoms with E-state index in [-0.39, 0.29) is 11.3 Å². The maximum absolute atomic E-state index is 12.6. The van der Waals surface area contributed by atoms with Gasteiger partial charge in [-0.1, -0.05) is 18.2 Å². The molecule has 0 radical (unpaired) electrons. The number of aryl methyl sites for hydroxylation is 1. The Morgan fingerprint density at radius 2 is 1.72 bits per heavy atom. The van der Waals surface area contributed by atoms with Gasteiger partial charge in [0.25, 0.3) is 0 Å². The Kier molecular flexibility index (Phi) is 8.02. The highest BCUT2D eigenvalue weighted by atomic mass is 32.2. The number of anilines is 1. The number of hydrogen-bond donors (Lipinski definition) is 1. The molecule has 0 spiro atoms. The van der Waals surface area contributed by atoms with E-state index in [1.54, 1.807) is 23.3 Å². The first kappa shape index (κ1) is 23.1. The van der Waals surface area contributed by atoms with Crippen LogP contribution in [-0.4, -0.2) is 30.2 Å². The van der Waals surface area contributed by atoms with Gasteiger partial charge in [-0.15, -0.1) is 0 Å². The van der Waals surface area contributed by atoms with Crippen molar-refractivity contribution in [2.75, 3.05) is 4.72 Å². The molecular weight excluding hydrogens is 424 g/mol. The molecule has 1 atom stereocenters. The SMILES string of the molecule is O.O=C(CCc1cccnc1)Cc1ccc(NS(=O)c2ccc(-n3cccn3)cc2)cc1. The lowest BCUT2D eigenvalue weighted by molar-refractivity contribution is -0.118. The monoisotopic (exact) mass is 448 g/mol. The Hall–Kier alpha value is -3.62. The van der Waals surface area contributed by atoms with Crippen LogP contribution < -0.4 is 4.72 Å². The van der Waals surface area contributed by atoms with E-state index in [0.29, 0.717) is 24.2 Å². The lowest BCUT2D eigenvalue weighted by Gasteiger charge is -2.08. The van der Waals surface area contributed by atoms with E-state index in [1.165, 1.54) is 0 Å². The summed E-state index contributed by atoms with van der Waals surface area (Å²) in [5.41, 5.74) is 3.65. The number of rotatable bonds is 9. The normalized spacial score (nSPS) is 11.4. The van der Waals surface area contributed by atoms with Crippen LogP contribution in [0.15, 0.2) is 96.4 Å². The van der Waals surface area contributed by atoms with Crippen molar-refractivity contribution in [1.82, 2.24) is 14.8 Å². The van der Waals surface area contributed by atoms with Gasteiger partial charge in [-0.2, -0.15) is 5.10 Å². The molecule has 2 aromatic heterocycles. The van der Waals surface area contributed by atoms with Crippen LogP contribution in [0.3, 0.4) is 0 Å². The number of hydrogen-bond acceptors (Lipinski definition) is 4. The maximum atomic E-state index is 12.6. The van der Waals surface area contributed by atoms with E-state index in [1.807, 2.05) is 72.9 Å². The molecule has 0 amide bonds. The van der Waals surface area contributed by atoms with Gasteiger partial charge in [0.05, 0.1) is 10.6 Å². The van der Waals surface area contributed by atoms with Crippen LogP contribution >= 0.6 is 0 Å². The largest absolute Gasteiger partial charge is 0.412 e. The quantitative estimate of drug-likeness (QED) is 0.424. The van der Waals surface area contributed by atoms with E-state index in [9.17, 15) is 9.00 Å². The number of carbonyl (C=O) groups excluding carboxylic acids is 1. The van der Waals surface area contributed by atoms with Gasteiger partial charge in [-0.25, -0.2) is 8.89 Å². The van der Waals surface area contributed by atoms with Crippen molar-refractivity contribution in [1.29, 1.82) is 0 Å². The third-order valence-corrected chi connectivity index (χ3v) is 5.92. The minimum absolute atomic E-state index is 0. The molecule has 1 unspecified atom stereocenters. The van der Waals surface area contributed by atoms with Crippen LogP contribution in [0.25, 0.3) is 5.69 Å². The van der Waals surface area contributed by atoms with Gasteiger partial charge >= 0.3 is 0 Å². The van der Waals surface area contributed by atoms with E-state index >= 15 is 0 Å². The Morgan fingerprint density at radius 1 is 0.938 bits per heavy atom. The predicted octanol–water partition coefficient (Wildman–Crippen LogP) is 3.32. The van der Waals surface area contributed by atoms with E-state index < -0.39 is 11.0 Å². The molecule has 0 saturated carbocycles. The molecule has 2 heterocycles. The molecule has 2 aromatic carbocycles. The number of benzene rings is 2. The van der Waals surface area contributed by atoms with Gasteiger partial charge in [-0.3, -0.25) is 9.78 Å². The molecule has 4 rings (SSSR count). The highest BCUT2D eigenvalue weighted by Gasteiger charge is 2.07. The van der Waals surface area contributed by atoms with Crippen LogP contribution in [0.4, 0.5) is 5.69 Å². The average Bonchev–Trinajstić information content (AvgIpc) is 3.35. The minimum Gasteiger partial charge on any atom is -0.412 e. The van der Waals surface area contributed by atoms with Crippen molar-refractivity contribution in [2.24, 2.45) is 0 Å². The molecule has 4 aromatic rings. The highest BCUT2D eigenvalue weighted by Crippen LogP contribution is 2.16. The second-order valence-electron chi connectivity index (χ2n) is 7.09. The van der Waals surface area contributed by atoms with Crippen LogP contribution in [0, 0.1) is 0 Å². The van der Waals surface area contributed by atoms with Gasteiger partial charge in [-0.05, 0) is 66.1 Å². The number of Topliss-reactive ketones (excluding diaryl/α,β-unsaturated/α-hetero) is 1. The fraction of sp³-hybridized carbons (Fsp3) is 0.125. The zero-order valence-electron chi connectivity index (χ0n) is 17.3. The standard InChI is InChI=1S/C24H22N4O2S.H2O/c29-23(11-6-20-3-1-14-25-18-20)17-19-4-7-21(8-5-19)27-31(30)24-12-9-22(10-13-24)28-16-2-15-26-28;/h1-5,7-10,12-16,18,27H,6,11,17H2;1H2. The summed E-state index contributed by atoms with van der Waals surface area (Å²) in [6, 6.07) is 20.6. The molecule has 0 bridgehead atoms. The first-order valence-electron chi connectivity index (χ1n) is 9.95. The second-order valence-corrected chi connectivity index (χ2v) is 8.30. The molecule has 32 heavy (non-hydrogen) atoms. The van der Waals surface area contributed by atoms with Crippen LogP contribution in [-0.2, 0) is 28.6 Å². The van der Waals surface area contributed by atoms with Crippen molar-refractivity contribution in [3.05, 3.63) is 103 Å². The number of nitrogens with zero attached hydrogens (tertiary/aromatic N) is 3. The second kappa shape index (κ2) is 11.1. The van der Waals surface area contributed by atoms with Crippen molar-refractivity contribution in [3.8, 4) is 5.69 Å². The lowest BCUT2D eigenvalue weighted by Crippen LogP contribution is -2.06. The van der Waals surface area contributed by atoms with Crippen molar-refractivity contribution in [2.45, 2.75) is 24.2 Å².